The van der Waals surface area contributed by atoms with Crippen LogP contribution in [0, 0.1) is 5.92 Å². The number of aromatic nitrogens is 4. The molecule has 2 atom stereocenters. The molecule has 2 unspecified atom stereocenters. The largest absolute Gasteiger partial charge is 0.444 e. The minimum atomic E-state index is -0.517. The molecular weight excluding hydrogens is 392 g/mol. The van der Waals surface area contributed by atoms with Crippen molar-refractivity contribution >= 4 is 17.6 Å². The van der Waals surface area contributed by atoms with E-state index in [1.807, 2.05) is 63.2 Å². The van der Waals surface area contributed by atoms with Crippen LogP contribution in [0.15, 0.2) is 42.5 Å². The van der Waals surface area contributed by atoms with Gasteiger partial charge in [0.25, 0.3) is 0 Å². The van der Waals surface area contributed by atoms with Crippen LogP contribution in [0.1, 0.15) is 40.5 Å². The highest BCUT2D eigenvalue weighted by molar-refractivity contribution is 5.68. The average molecular weight is 423 g/mol. The lowest BCUT2D eigenvalue weighted by molar-refractivity contribution is 0.0519. The summed E-state index contributed by atoms with van der Waals surface area (Å²) in [5.74, 6) is 1.98. The van der Waals surface area contributed by atoms with Crippen LogP contribution in [0.2, 0.25) is 0 Å². The molecular formula is C23H30N6O2. The Balaban J connectivity index is 1.59. The van der Waals surface area contributed by atoms with Gasteiger partial charge in [0.2, 0.25) is 0 Å². The van der Waals surface area contributed by atoms with Crippen LogP contribution in [0.25, 0.3) is 17.0 Å². The van der Waals surface area contributed by atoms with Gasteiger partial charge in [0.1, 0.15) is 11.4 Å². The first kappa shape index (κ1) is 21.1. The first-order valence-electron chi connectivity index (χ1n) is 10.8. The highest BCUT2D eigenvalue weighted by Crippen LogP contribution is 2.28. The van der Waals surface area contributed by atoms with Crippen molar-refractivity contribution in [2.75, 3.05) is 18.0 Å². The van der Waals surface area contributed by atoms with Crippen molar-refractivity contribution in [2.45, 2.75) is 52.2 Å². The molecule has 3 heterocycles. The summed E-state index contributed by atoms with van der Waals surface area (Å²) in [5, 5.41) is 16.4. The van der Waals surface area contributed by atoms with Gasteiger partial charge in [-0.2, -0.15) is 4.52 Å². The van der Waals surface area contributed by atoms with Gasteiger partial charge in [0.05, 0.1) is 6.04 Å². The summed E-state index contributed by atoms with van der Waals surface area (Å²) in [6, 6.07) is 14.0. The molecule has 164 valence electrons. The monoisotopic (exact) mass is 422 g/mol. The van der Waals surface area contributed by atoms with Gasteiger partial charge in [-0.1, -0.05) is 37.3 Å². The Hall–Kier alpha value is -3.16. The number of nitrogens with zero attached hydrogens (tertiary/aromatic N) is 5. The molecule has 0 bridgehead atoms. The summed E-state index contributed by atoms with van der Waals surface area (Å²) in [6.45, 7) is 9.20. The molecule has 8 heteroatoms. The number of alkyl carbamates (subject to hydrolysis) is 1. The highest BCUT2D eigenvalue weighted by atomic mass is 16.6. The summed E-state index contributed by atoms with van der Waals surface area (Å²) in [7, 11) is 0. The lowest BCUT2D eigenvalue weighted by Crippen LogP contribution is -2.51. The number of hydrogen-bond donors (Lipinski definition) is 1. The van der Waals surface area contributed by atoms with Crippen molar-refractivity contribution in [3.8, 4) is 11.4 Å². The molecule has 31 heavy (non-hydrogen) atoms. The van der Waals surface area contributed by atoms with Crippen LogP contribution in [0.4, 0.5) is 10.6 Å². The third-order valence-electron chi connectivity index (χ3n) is 5.55. The second-order valence-corrected chi connectivity index (χ2v) is 9.11. The number of ether oxygens (including phenoxy) is 1. The van der Waals surface area contributed by atoms with Gasteiger partial charge in [-0.25, -0.2) is 4.79 Å². The van der Waals surface area contributed by atoms with Crippen molar-refractivity contribution in [1.82, 2.24) is 25.1 Å². The predicted octanol–water partition coefficient (Wildman–Crippen LogP) is 3.92. The van der Waals surface area contributed by atoms with Gasteiger partial charge in [-0.15, -0.1) is 15.3 Å². The Morgan fingerprint density at radius 1 is 1.16 bits per heavy atom. The molecule has 1 aromatic carbocycles. The van der Waals surface area contributed by atoms with Crippen molar-refractivity contribution in [3.63, 3.8) is 0 Å². The molecule has 1 aliphatic heterocycles. The maximum atomic E-state index is 12.2. The zero-order chi connectivity index (χ0) is 22.0. The van der Waals surface area contributed by atoms with Gasteiger partial charge >= 0.3 is 6.09 Å². The number of piperidine rings is 1. The zero-order valence-electron chi connectivity index (χ0n) is 18.6. The topological polar surface area (TPSA) is 84.7 Å². The Kier molecular flexibility index (Phi) is 5.80. The van der Waals surface area contributed by atoms with Gasteiger partial charge in [0, 0.05) is 18.7 Å². The van der Waals surface area contributed by atoms with Gasteiger partial charge < -0.3 is 15.0 Å². The maximum Gasteiger partial charge on any atom is 0.407 e. The standard InChI is InChI=1S/C23H30N6O2/c1-16-9-8-14-28(18(16)15-24-22(30)31-23(2,3)4)20-13-12-19-25-26-21(29(19)27-20)17-10-6-5-7-11-17/h5-7,10-13,16,18H,8-9,14-15H2,1-4H3,(H,24,30). The van der Waals surface area contributed by atoms with Crippen LogP contribution in [-0.4, -0.2) is 50.6 Å². The molecule has 0 saturated carbocycles. The van der Waals surface area contributed by atoms with E-state index < -0.39 is 5.60 Å². The summed E-state index contributed by atoms with van der Waals surface area (Å²) >= 11 is 0. The number of amides is 1. The van der Waals surface area contributed by atoms with E-state index in [0.717, 1.165) is 30.8 Å². The number of carbonyl (C=O) groups excluding carboxylic acids is 1. The third-order valence-corrected chi connectivity index (χ3v) is 5.55. The summed E-state index contributed by atoms with van der Waals surface area (Å²) in [5.41, 5.74) is 1.16. The van der Waals surface area contributed by atoms with E-state index in [4.69, 9.17) is 9.84 Å². The van der Waals surface area contributed by atoms with E-state index in [2.05, 4.69) is 27.3 Å². The Morgan fingerprint density at radius 2 is 1.94 bits per heavy atom. The number of fused-ring (bicyclic) bond motifs is 1. The molecule has 0 aliphatic carbocycles. The molecule has 1 fully saturated rings. The fourth-order valence-electron chi connectivity index (χ4n) is 4.05. The molecule has 0 radical (unpaired) electrons. The lowest BCUT2D eigenvalue weighted by atomic mass is 9.90. The van der Waals surface area contributed by atoms with Crippen LogP contribution >= 0.6 is 0 Å². The van der Waals surface area contributed by atoms with Crippen molar-refractivity contribution in [3.05, 3.63) is 42.5 Å². The molecule has 2 aromatic heterocycles. The van der Waals surface area contributed by atoms with Crippen molar-refractivity contribution < 1.29 is 9.53 Å². The second kappa shape index (κ2) is 8.53. The van der Waals surface area contributed by atoms with Crippen LogP contribution in [-0.2, 0) is 4.74 Å². The van der Waals surface area contributed by atoms with Gasteiger partial charge in [0.15, 0.2) is 11.5 Å². The normalized spacial score (nSPS) is 19.4. The fraction of sp³-hybridized carbons (Fsp3) is 0.478. The molecule has 8 nitrogen and oxygen atoms in total. The summed E-state index contributed by atoms with van der Waals surface area (Å²) < 4.78 is 7.21. The molecule has 1 N–H and O–H groups in total. The zero-order valence-corrected chi connectivity index (χ0v) is 18.6. The average Bonchev–Trinajstić information content (AvgIpc) is 3.15. The quantitative estimate of drug-likeness (QED) is 0.686. The second-order valence-electron chi connectivity index (χ2n) is 9.11. The van der Waals surface area contributed by atoms with Gasteiger partial charge in [-0.05, 0) is 51.7 Å². The van der Waals surface area contributed by atoms with E-state index in [-0.39, 0.29) is 12.1 Å². The number of hydrogen-bond acceptors (Lipinski definition) is 6. The Bertz CT molecular complexity index is 1040. The Morgan fingerprint density at radius 3 is 2.68 bits per heavy atom. The fourth-order valence-corrected chi connectivity index (χ4v) is 4.05. The van der Waals surface area contributed by atoms with Crippen LogP contribution in [0.5, 0.6) is 0 Å². The third kappa shape index (κ3) is 4.78. The number of benzene rings is 1. The van der Waals surface area contributed by atoms with Gasteiger partial charge in [-0.3, -0.25) is 0 Å². The lowest BCUT2D eigenvalue weighted by Gasteiger charge is -2.40. The number of anilines is 1. The SMILES string of the molecule is CC1CCCN(c2ccc3nnc(-c4ccccc4)n3n2)C1CNC(=O)OC(C)(C)C. The van der Waals surface area contributed by atoms with E-state index in [1.165, 1.54) is 0 Å². The Labute approximate surface area is 182 Å². The first-order chi connectivity index (χ1) is 14.8. The minimum absolute atomic E-state index is 0.128. The molecule has 1 amide bonds. The first-order valence-corrected chi connectivity index (χ1v) is 10.8. The summed E-state index contributed by atoms with van der Waals surface area (Å²) in [6.07, 6.45) is 1.80. The predicted molar refractivity (Wildman–Crippen MR) is 120 cm³/mol. The summed E-state index contributed by atoms with van der Waals surface area (Å²) in [4.78, 5) is 14.5. The van der Waals surface area contributed by atoms with E-state index in [9.17, 15) is 4.79 Å². The van der Waals surface area contributed by atoms with E-state index in [0.29, 0.717) is 23.9 Å². The highest BCUT2D eigenvalue weighted by Gasteiger charge is 2.31. The van der Waals surface area contributed by atoms with Crippen molar-refractivity contribution in [1.29, 1.82) is 0 Å². The number of nitrogens with one attached hydrogen (secondary N) is 1. The number of carbonyl (C=O) groups is 1. The molecule has 4 rings (SSSR count). The molecule has 1 aliphatic rings. The number of rotatable bonds is 4. The minimum Gasteiger partial charge on any atom is -0.444 e. The van der Waals surface area contributed by atoms with Crippen LogP contribution < -0.4 is 10.2 Å². The van der Waals surface area contributed by atoms with E-state index >= 15 is 0 Å². The van der Waals surface area contributed by atoms with E-state index in [1.54, 1.807) is 4.52 Å². The molecule has 3 aromatic rings. The molecule has 1 saturated heterocycles. The maximum absolute atomic E-state index is 12.2. The van der Waals surface area contributed by atoms with Crippen molar-refractivity contribution in [2.24, 2.45) is 5.92 Å². The molecule has 0 spiro atoms. The smallest absolute Gasteiger partial charge is 0.407 e. The van der Waals surface area contributed by atoms with Crippen LogP contribution in [0.3, 0.4) is 0 Å².